The number of H-pyrrole nitrogens is 1. The van der Waals surface area contributed by atoms with Crippen LogP contribution in [0.15, 0.2) is 6.20 Å². The number of imidazole rings is 1. The highest BCUT2D eigenvalue weighted by Crippen LogP contribution is 1.96. The van der Waals surface area contributed by atoms with E-state index < -0.39 is 0 Å². The first-order chi connectivity index (χ1) is 4.36. The Bertz CT molecular complexity index is 160. The predicted octanol–water partition coefficient (Wildman–Crippen LogP) is 1.35. The van der Waals surface area contributed by atoms with Gasteiger partial charge in [0.1, 0.15) is 5.82 Å². The predicted molar refractivity (Wildman–Crippen MR) is 37.0 cm³/mol. The Hall–Kier alpha value is -0.790. The van der Waals surface area contributed by atoms with Crippen molar-refractivity contribution in [1.29, 1.82) is 0 Å². The molecule has 1 N–H and O–H groups in total. The second kappa shape index (κ2) is 2.67. The van der Waals surface area contributed by atoms with Crippen LogP contribution in [0.3, 0.4) is 0 Å². The summed E-state index contributed by atoms with van der Waals surface area (Å²) in [5, 5.41) is 0. The molecular formula is C7H11N2. The second-order valence-corrected chi connectivity index (χ2v) is 1.96. The SMILES string of the molecule is [CH2]Cc1cnc(CC)[nH]1. The summed E-state index contributed by atoms with van der Waals surface area (Å²) in [6, 6.07) is 0. The number of rotatable bonds is 2. The van der Waals surface area contributed by atoms with Gasteiger partial charge in [-0.3, -0.25) is 0 Å². The van der Waals surface area contributed by atoms with Crippen LogP contribution in [-0.4, -0.2) is 9.97 Å². The van der Waals surface area contributed by atoms with Crippen LogP contribution in [-0.2, 0) is 12.8 Å². The highest BCUT2D eigenvalue weighted by Gasteiger charge is 1.93. The molecule has 0 amide bonds. The van der Waals surface area contributed by atoms with Crippen molar-refractivity contribution in [2.75, 3.05) is 0 Å². The van der Waals surface area contributed by atoms with Crippen LogP contribution >= 0.6 is 0 Å². The molecule has 0 unspecified atom stereocenters. The number of hydrogen-bond donors (Lipinski definition) is 1. The highest BCUT2D eigenvalue weighted by molar-refractivity contribution is 5.01. The first-order valence-corrected chi connectivity index (χ1v) is 3.18. The van der Waals surface area contributed by atoms with Gasteiger partial charge in [0, 0.05) is 18.3 Å². The Morgan fingerprint density at radius 1 is 1.78 bits per heavy atom. The first kappa shape index (κ1) is 6.33. The summed E-state index contributed by atoms with van der Waals surface area (Å²) in [5.41, 5.74) is 1.12. The van der Waals surface area contributed by atoms with Crippen LogP contribution in [0.5, 0.6) is 0 Å². The molecule has 9 heavy (non-hydrogen) atoms. The van der Waals surface area contributed by atoms with E-state index in [-0.39, 0.29) is 0 Å². The molecule has 0 saturated heterocycles. The van der Waals surface area contributed by atoms with Crippen molar-refractivity contribution in [2.45, 2.75) is 19.8 Å². The molecule has 0 aliphatic heterocycles. The van der Waals surface area contributed by atoms with E-state index in [9.17, 15) is 0 Å². The number of aromatic nitrogens is 2. The zero-order chi connectivity index (χ0) is 6.69. The van der Waals surface area contributed by atoms with Crippen molar-refractivity contribution >= 4 is 0 Å². The Morgan fingerprint density at radius 2 is 2.56 bits per heavy atom. The van der Waals surface area contributed by atoms with Crippen molar-refractivity contribution in [1.82, 2.24) is 9.97 Å². The molecule has 0 aliphatic rings. The average Bonchev–Trinajstić information content (AvgIpc) is 2.34. The van der Waals surface area contributed by atoms with E-state index in [1.807, 2.05) is 6.20 Å². The largest absolute Gasteiger partial charge is 0.346 e. The van der Waals surface area contributed by atoms with Gasteiger partial charge in [0.2, 0.25) is 0 Å². The summed E-state index contributed by atoms with van der Waals surface area (Å²) < 4.78 is 0. The third-order valence-corrected chi connectivity index (χ3v) is 1.29. The van der Waals surface area contributed by atoms with Gasteiger partial charge in [0.05, 0.1) is 0 Å². The van der Waals surface area contributed by atoms with E-state index in [4.69, 9.17) is 0 Å². The summed E-state index contributed by atoms with van der Waals surface area (Å²) >= 11 is 0. The van der Waals surface area contributed by atoms with Crippen molar-refractivity contribution in [3.05, 3.63) is 24.6 Å². The van der Waals surface area contributed by atoms with Crippen molar-refractivity contribution in [2.24, 2.45) is 0 Å². The minimum absolute atomic E-state index is 0.799. The molecule has 0 saturated carbocycles. The molecule has 2 nitrogen and oxygen atoms in total. The maximum Gasteiger partial charge on any atom is 0.105 e. The summed E-state index contributed by atoms with van der Waals surface area (Å²) in [7, 11) is 0. The molecule has 0 bridgehead atoms. The van der Waals surface area contributed by atoms with Crippen LogP contribution in [0.25, 0.3) is 0 Å². The van der Waals surface area contributed by atoms with E-state index in [1.54, 1.807) is 0 Å². The fourth-order valence-electron chi connectivity index (χ4n) is 0.712. The van der Waals surface area contributed by atoms with Gasteiger partial charge < -0.3 is 4.98 Å². The molecular weight excluding hydrogens is 112 g/mol. The van der Waals surface area contributed by atoms with Crippen LogP contribution in [0.4, 0.5) is 0 Å². The van der Waals surface area contributed by atoms with Gasteiger partial charge in [-0.2, -0.15) is 0 Å². The molecule has 1 aromatic heterocycles. The number of nitrogens with zero attached hydrogens (tertiary/aromatic N) is 1. The van der Waals surface area contributed by atoms with E-state index in [0.717, 1.165) is 24.4 Å². The maximum absolute atomic E-state index is 4.11. The van der Waals surface area contributed by atoms with Gasteiger partial charge in [-0.1, -0.05) is 6.92 Å². The molecule has 1 heterocycles. The van der Waals surface area contributed by atoms with Gasteiger partial charge in [-0.25, -0.2) is 4.98 Å². The van der Waals surface area contributed by atoms with Crippen LogP contribution in [0.1, 0.15) is 18.4 Å². The minimum atomic E-state index is 0.799. The Kier molecular flexibility index (Phi) is 1.88. The zero-order valence-corrected chi connectivity index (χ0v) is 5.65. The third kappa shape index (κ3) is 1.31. The van der Waals surface area contributed by atoms with Gasteiger partial charge in [-0.05, 0) is 13.3 Å². The van der Waals surface area contributed by atoms with Gasteiger partial charge >= 0.3 is 0 Å². The molecule has 1 aromatic rings. The van der Waals surface area contributed by atoms with Crippen LogP contribution in [0, 0.1) is 6.92 Å². The molecule has 0 atom stereocenters. The standard InChI is InChI=1S/C7H11N2/c1-3-6-5-8-7(4-2)9-6/h5H,1,3-4H2,2H3,(H,8,9). The Balaban J connectivity index is 2.74. The molecule has 49 valence electrons. The number of hydrogen-bond acceptors (Lipinski definition) is 1. The summed E-state index contributed by atoms with van der Waals surface area (Å²) in [6.45, 7) is 5.81. The highest BCUT2D eigenvalue weighted by atomic mass is 14.9. The van der Waals surface area contributed by atoms with E-state index in [1.165, 1.54) is 0 Å². The lowest BCUT2D eigenvalue weighted by Gasteiger charge is -1.85. The van der Waals surface area contributed by atoms with Crippen LogP contribution < -0.4 is 0 Å². The van der Waals surface area contributed by atoms with E-state index in [2.05, 4.69) is 23.8 Å². The quantitative estimate of drug-likeness (QED) is 0.631. The second-order valence-electron chi connectivity index (χ2n) is 1.96. The lowest BCUT2D eigenvalue weighted by molar-refractivity contribution is 0.974. The van der Waals surface area contributed by atoms with Crippen molar-refractivity contribution in [3.8, 4) is 0 Å². The first-order valence-electron chi connectivity index (χ1n) is 3.18. The lowest BCUT2D eigenvalue weighted by atomic mass is 10.4. The molecule has 0 aliphatic carbocycles. The molecule has 0 spiro atoms. The Labute approximate surface area is 55.3 Å². The molecule has 0 fully saturated rings. The molecule has 2 heteroatoms. The topological polar surface area (TPSA) is 28.7 Å². The van der Waals surface area contributed by atoms with Crippen molar-refractivity contribution < 1.29 is 0 Å². The molecule has 1 rings (SSSR count). The maximum atomic E-state index is 4.11. The van der Waals surface area contributed by atoms with Crippen molar-refractivity contribution in [3.63, 3.8) is 0 Å². The molecule has 0 aromatic carbocycles. The molecule has 1 radical (unpaired) electrons. The summed E-state index contributed by atoms with van der Waals surface area (Å²) in [4.78, 5) is 7.25. The average molecular weight is 123 g/mol. The fourth-order valence-corrected chi connectivity index (χ4v) is 0.712. The number of aromatic amines is 1. The van der Waals surface area contributed by atoms with E-state index >= 15 is 0 Å². The van der Waals surface area contributed by atoms with Crippen LogP contribution in [0.2, 0.25) is 0 Å². The Morgan fingerprint density at radius 3 is 2.89 bits per heavy atom. The van der Waals surface area contributed by atoms with Gasteiger partial charge in [0.25, 0.3) is 0 Å². The number of aryl methyl sites for hydroxylation is 1. The number of nitrogens with one attached hydrogen (secondary N) is 1. The fraction of sp³-hybridized carbons (Fsp3) is 0.429. The zero-order valence-electron chi connectivity index (χ0n) is 5.65. The normalized spacial score (nSPS) is 10.0. The lowest BCUT2D eigenvalue weighted by Crippen LogP contribution is -1.82. The summed E-state index contributed by atoms with van der Waals surface area (Å²) in [6.07, 6.45) is 3.61. The third-order valence-electron chi connectivity index (χ3n) is 1.29. The van der Waals surface area contributed by atoms with Gasteiger partial charge in [-0.15, -0.1) is 0 Å². The monoisotopic (exact) mass is 123 g/mol. The van der Waals surface area contributed by atoms with E-state index in [0.29, 0.717) is 0 Å². The smallest absolute Gasteiger partial charge is 0.105 e. The summed E-state index contributed by atoms with van der Waals surface area (Å²) in [5.74, 6) is 1.05. The minimum Gasteiger partial charge on any atom is -0.346 e. The van der Waals surface area contributed by atoms with Gasteiger partial charge in [0.15, 0.2) is 0 Å².